The molecule has 1 aromatic heterocycles. The van der Waals surface area contributed by atoms with E-state index in [1.807, 2.05) is 38.1 Å². The van der Waals surface area contributed by atoms with Crippen molar-refractivity contribution in [2.75, 3.05) is 0 Å². The summed E-state index contributed by atoms with van der Waals surface area (Å²) in [6, 6.07) is 7.64. The first-order chi connectivity index (χ1) is 9.10. The summed E-state index contributed by atoms with van der Waals surface area (Å²) >= 11 is 6.06. The molecule has 2 aromatic rings. The predicted molar refractivity (Wildman–Crippen MR) is 78.3 cm³/mol. The van der Waals surface area contributed by atoms with Gasteiger partial charge in [0, 0.05) is 23.3 Å². The van der Waals surface area contributed by atoms with Crippen molar-refractivity contribution in [3.05, 3.63) is 47.2 Å². The Hall–Kier alpha value is -1.58. The van der Waals surface area contributed by atoms with E-state index in [0.29, 0.717) is 11.6 Å². The number of benzene rings is 1. The Bertz CT molecular complexity index is 570. The average molecular weight is 277 g/mol. The Balaban J connectivity index is 2.43. The zero-order chi connectivity index (χ0) is 13.8. The Morgan fingerprint density at radius 2 is 2.05 bits per heavy atom. The third kappa shape index (κ3) is 3.46. The van der Waals surface area contributed by atoms with Gasteiger partial charge in [-0.15, -0.1) is 0 Å². The SMILES string of the molecule is CC(C)Oc1cncc(-c2cc(Cl)ccc2CN)c1. The van der Waals surface area contributed by atoms with Gasteiger partial charge >= 0.3 is 0 Å². The highest BCUT2D eigenvalue weighted by Gasteiger charge is 2.07. The lowest BCUT2D eigenvalue weighted by molar-refractivity contribution is 0.241. The van der Waals surface area contributed by atoms with Crippen LogP contribution in [0.5, 0.6) is 5.75 Å². The van der Waals surface area contributed by atoms with Gasteiger partial charge in [0.1, 0.15) is 5.75 Å². The quantitative estimate of drug-likeness (QED) is 0.927. The summed E-state index contributed by atoms with van der Waals surface area (Å²) < 4.78 is 5.65. The summed E-state index contributed by atoms with van der Waals surface area (Å²) in [5, 5.41) is 0.683. The standard InChI is InChI=1S/C15H17ClN2O/c1-10(2)19-14-5-12(8-18-9-14)15-6-13(16)4-3-11(15)7-17/h3-6,8-10H,7,17H2,1-2H3. The minimum atomic E-state index is 0.116. The van der Waals surface area contributed by atoms with Crippen LogP contribution in [0.25, 0.3) is 11.1 Å². The number of aromatic nitrogens is 1. The van der Waals surface area contributed by atoms with Crippen LogP contribution in [0.2, 0.25) is 5.02 Å². The molecule has 0 aliphatic rings. The van der Waals surface area contributed by atoms with Gasteiger partial charge in [-0.05, 0) is 43.2 Å². The number of hydrogen-bond acceptors (Lipinski definition) is 3. The van der Waals surface area contributed by atoms with Crippen LogP contribution in [0.3, 0.4) is 0 Å². The molecule has 0 radical (unpaired) electrons. The Labute approximate surface area is 118 Å². The Morgan fingerprint density at radius 1 is 1.26 bits per heavy atom. The van der Waals surface area contributed by atoms with Crippen molar-refractivity contribution in [2.24, 2.45) is 5.73 Å². The second-order valence-electron chi connectivity index (χ2n) is 4.58. The zero-order valence-electron chi connectivity index (χ0n) is 11.1. The van der Waals surface area contributed by atoms with Crippen molar-refractivity contribution in [2.45, 2.75) is 26.5 Å². The lowest BCUT2D eigenvalue weighted by Crippen LogP contribution is -2.06. The summed E-state index contributed by atoms with van der Waals surface area (Å²) in [5.41, 5.74) is 8.75. The lowest BCUT2D eigenvalue weighted by Gasteiger charge is -2.12. The maximum absolute atomic E-state index is 6.06. The molecular weight excluding hydrogens is 260 g/mol. The maximum Gasteiger partial charge on any atom is 0.138 e. The van der Waals surface area contributed by atoms with Gasteiger partial charge in [0.25, 0.3) is 0 Å². The van der Waals surface area contributed by atoms with Crippen molar-refractivity contribution in [3.63, 3.8) is 0 Å². The summed E-state index contributed by atoms with van der Waals surface area (Å²) in [7, 11) is 0. The average Bonchev–Trinajstić information content (AvgIpc) is 2.38. The van der Waals surface area contributed by atoms with E-state index in [9.17, 15) is 0 Å². The molecule has 2 rings (SSSR count). The highest BCUT2D eigenvalue weighted by Crippen LogP contribution is 2.28. The van der Waals surface area contributed by atoms with Crippen molar-refractivity contribution in [1.82, 2.24) is 4.98 Å². The first-order valence-corrected chi connectivity index (χ1v) is 6.58. The summed E-state index contributed by atoms with van der Waals surface area (Å²) in [4.78, 5) is 4.21. The molecule has 0 saturated carbocycles. The largest absolute Gasteiger partial charge is 0.489 e. The molecule has 0 amide bonds. The molecule has 1 aromatic carbocycles. The molecule has 2 N–H and O–H groups in total. The molecule has 0 saturated heterocycles. The summed E-state index contributed by atoms with van der Waals surface area (Å²) in [6.07, 6.45) is 3.61. The minimum absolute atomic E-state index is 0.116. The van der Waals surface area contributed by atoms with Gasteiger partial charge in [-0.2, -0.15) is 0 Å². The summed E-state index contributed by atoms with van der Waals surface area (Å²) in [6.45, 7) is 4.43. The van der Waals surface area contributed by atoms with E-state index in [4.69, 9.17) is 22.1 Å². The van der Waals surface area contributed by atoms with E-state index in [-0.39, 0.29) is 6.10 Å². The van der Waals surface area contributed by atoms with Crippen molar-refractivity contribution in [3.8, 4) is 16.9 Å². The van der Waals surface area contributed by atoms with Gasteiger partial charge in [-0.3, -0.25) is 4.98 Å². The van der Waals surface area contributed by atoms with E-state index in [2.05, 4.69) is 4.98 Å². The van der Waals surface area contributed by atoms with E-state index >= 15 is 0 Å². The number of halogens is 1. The minimum Gasteiger partial charge on any atom is -0.489 e. The maximum atomic E-state index is 6.06. The van der Waals surface area contributed by atoms with Crippen LogP contribution in [0.4, 0.5) is 0 Å². The number of nitrogens with two attached hydrogens (primary N) is 1. The number of nitrogens with zero attached hydrogens (tertiary/aromatic N) is 1. The fraction of sp³-hybridized carbons (Fsp3) is 0.267. The molecule has 0 atom stereocenters. The van der Waals surface area contributed by atoms with E-state index in [1.165, 1.54) is 0 Å². The van der Waals surface area contributed by atoms with Crippen molar-refractivity contribution < 1.29 is 4.74 Å². The number of rotatable bonds is 4. The van der Waals surface area contributed by atoms with Gasteiger partial charge in [0.15, 0.2) is 0 Å². The second-order valence-corrected chi connectivity index (χ2v) is 5.02. The van der Waals surface area contributed by atoms with Crippen molar-refractivity contribution in [1.29, 1.82) is 0 Å². The van der Waals surface area contributed by atoms with Crippen LogP contribution >= 0.6 is 11.6 Å². The number of hydrogen-bond donors (Lipinski definition) is 1. The van der Waals surface area contributed by atoms with Gasteiger partial charge < -0.3 is 10.5 Å². The molecule has 0 aliphatic carbocycles. The molecule has 0 fully saturated rings. The molecule has 3 nitrogen and oxygen atoms in total. The van der Waals surface area contributed by atoms with Crippen LogP contribution in [-0.4, -0.2) is 11.1 Å². The number of pyridine rings is 1. The number of ether oxygens (including phenoxy) is 1. The van der Waals surface area contributed by atoms with Gasteiger partial charge in [0.05, 0.1) is 12.3 Å². The fourth-order valence-corrected chi connectivity index (χ4v) is 2.07. The van der Waals surface area contributed by atoms with Crippen LogP contribution in [0.1, 0.15) is 19.4 Å². The second kappa shape index (κ2) is 6.04. The van der Waals surface area contributed by atoms with Gasteiger partial charge in [-0.25, -0.2) is 0 Å². The molecule has 0 unspecified atom stereocenters. The predicted octanol–water partition coefficient (Wildman–Crippen LogP) is 3.65. The molecule has 100 valence electrons. The molecule has 1 heterocycles. The molecular formula is C15H17ClN2O. The highest BCUT2D eigenvalue weighted by atomic mass is 35.5. The third-order valence-electron chi connectivity index (χ3n) is 2.69. The molecule has 0 aliphatic heterocycles. The van der Waals surface area contributed by atoms with Crippen molar-refractivity contribution >= 4 is 11.6 Å². The van der Waals surface area contributed by atoms with E-state index in [1.54, 1.807) is 12.4 Å². The lowest BCUT2D eigenvalue weighted by atomic mass is 10.0. The zero-order valence-corrected chi connectivity index (χ0v) is 11.8. The molecule has 4 heteroatoms. The highest BCUT2D eigenvalue weighted by molar-refractivity contribution is 6.30. The van der Waals surface area contributed by atoms with E-state index in [0.717, 1.165) is 22.4 Å². The van der Waals surface area contributed by atoms with E-state index < -0.39 is 0 Å². The van der Waals surface area contributed by atoms with Gasteiger partial charge in [0.2, 0.25) is 0 Å². The monoisotopic (exact) mass is 276 g/mol. The first kappa shape index (κ1) is 13.8. The molecule has 19 heavy (non-hydrogen) atoms. The first-order valence-electron chi connectivity index (χ1n) is 6.20. The topological polar surface area (TPSA) is 48.1 Å². The Kier molecular flexibility index (Phi) is 4.40. The molecule has 0 spiro atoms. The van der Waals surface area contributed by atoms with Crippen LogP contribution in [0, 0.1) is 0 Å². The fourth-order valence-electron chi connectivity index (χ4n) is 1.90. The third-order valence-corrected chi connectivity index (χ3v) is 2.92. The molecule has 0 bridgehead atoms. The summed E-state index contributed by atoms with van der Waals surface area (Å²) in [5.74, 6) is 0.746. The van der Waals surface area contributed by atoms with Crippen LogP contribution in [0.15, 0.2) is 36.7 Å². The van der Waals surface area contributed by atoms with Crippen LogP contribution < -0.4 is 10.5 Å². The normalized spacial score (nSPS) is 10.8. The Morgan fingerprint density at radius 3 is 2.74 bits per heavy atom. The smallest absolute Gasteiger partial charge is 0.138 e. The van der Waals surface area contributed by atoms with Crippen LogP contribution in [-0.2, 0) is 6.54 Å². The van der Waals surface area contributed by atoms with Gasteiger partial charge in [-0.1, -0.05) is 17.7 Å².